The van der Waals surface area contributed by atoms with Gasteiger partial charge in [-0.25, -0.2) is 4.39 Å². The molecule has 0 aromatic heterocycles. The van der Waals surface area contributed by atoms with Crippen LogP contribution < -0.4 is 5.32 Å². The van der Waals surface area contributed by atoms with Gasteiger partial charge in [-0.15, -0.1) is 0 Å². The smallest absolute Gasteiger partial charge is 0.293 e. The minimum Gasteiger partial charge on any atom is -0.465 e. The second-order valence-corrected chi connectivity index (χ2v) is 14.0. The monoisotopic (exact) mass is 613 g/mol. The molecule has 11 atom stereocenters. The van der Waals surface area contributed by atoms with E-state index in [4.69, 9.17) is 14.2 Å². The Labute approximate surface area is 257 Å². The Morgan fingerprint density at radius 1 is 1.00 bits per heavy atom. The Bertz CT molecular complexity index is 1260. The molecule has 10 heteroatoms. The van der Waals surface area contributed by atoms with Crippen molar-refractivity contribution in [2.75, 3.05) is 5.32 Å². The van der Waals surface area contributed by atoms with Crippen molar-refractivity contribution in [3.8, 4) is 0 Å². The summed E-state index contributed by atoms with van der Waals surface area (Å²) in [6.07, 6.45) is 6.20. The molecule has 0 spiro atoms. The molecule has 4 aliphatic rings. The predicted molar refractivity (Wildman–Crippen MR) is 158 cm³/mol. The number of benzene rings is 1. The van der Waals surface area contributed by atoms with Gasteiger partial charge in [0.15, 0.2) is 6.29 Å². The van der Waals surface area contributed by atoms with Crippen molar-refractivity contribution in [2.45, 2.75) is 96.9 Å². The molecule has 0 radical (unpaired) electrons. The van der Waals surface area contributed by atoms with Crippen molar-refractivity contribution < 1.29 is 42.6 Å². The second-order valence-electron chi connectivity index (χ2n) is 14.0. The number of rotatable bonds is 12. The van der Waals surface area contributed by atoms with Gasteiger partial charge in [-0.3, -0.25) is 24.0 Å². The number of anilines is 1. The third kappa shape index (κ3) is 5.65. The highest BCUT2D eigenvalue weighted by Crippen LogP contribution is 2.69. The lowest BCUT2D eigenvalue weighted by atomic mass is 9.43. The van der Waals surface area contributed by atoms with Crippen molar-refractivity contribution in [3.63, 3.8) is 0 Å². The average Bonchev–Trinajstić information content (AvgIpc) is 3.36. The highest BCUT2D eigenvalue weighted by atomic mass is 19.1. The minimum atomic E-state index is -0.549. The molecular formula is C34H44FNO8. The molecule has 240 valence electrons. The van der Waals surface area contributed by atoms with Gasteiger partial charge in [-0.05, 0) is 105 Å². The van der Waals surface area contributed by atoms with Crippen LogP contribution in [0.3, 0.4) is 0 Å². The molecule has 0 heterocycles. The van der Waals surface area contributed by atoms with Gasteiger partial charge in [-0.1, -0.05) is 20.8 Å². The molecule has 1 amide bonds. The van der Waals surface area contributed by atoms with E-state index in [2.05, 4.69) is 26.1 Å². The number of hydrogen-bond acceptors (Lipinski definition) is 8. The standard InChI is InChI=1S/C34H44FNO8/c1-20(4-9-31(41)36-28-8-5-23(35)12-21(28)16-37)25-6-7-26-32-27(15-30(44-19-40)34(25,26)3)33(2)11-10-24(42-17-38)13-22(33)14-29(32)43-18-39/h5,8,12,16-20,22,24-27,29-30,32H,4,6-7,9-11,13-15H2,1-3H3,(H,36,41)/t20-,22+,24-,25-,26+,27+,29-,30+,32+,33+,34-/m1/s1. The maximum absolute atomic E-state index is 13.5. The van der Waals surface area contributed by atoms with Crippen LogP contribution in [0.2, 0.25) is 0 Å². The first kappa shape index (κ1) is 32.1. The minimum absolute atomic E-state index is 0.0650. The molecule has 0 bridgehead atoms. The third-order valence-electron chi connectivity index (χ3n) is 12.4. The fourth-order valence-electron chi connectivity index (χ4n) is 10.3. The summed E-state index contributed by atoms with van der Waals surface area (Å²) < 4.78 is 30.7. The number of carbonyl (C=O) groups excluding carboxylic acids is 5. The summed E-state index contributed by atoms with van der Waals surface area (Å²) in [5.41, 5.74) is -0.0690. The molecule has 0 unspecified atom stereocenters. The molecule has 4 saturated carbocycles. The van der Waals surface area contributed by atoms with E-state index in [0.717, 1.165) is 38.2 Å². The van der Waals surface area contributed by atoms with Crippen LogP contribution in [0.1, 0.15) is 88.9 Å². The van der Waals surface area contributed by atoms with Gasteiger partial charge in [0.05, 0.1) is 5.69 Å². The summed E-state index contributed by atoms with van der Waals surface area (Å²) in [5, 5.41) is 2.74. The second kappa shape index (κ2) is 13.0. The lowest BCUT2D eigenvalue weighted by molar-refractivity contribution is -0.218. The highest BCUT2D eigenvalue weighted by Gasteiger charge is 2.67. The topological polar surface area (TPSA) is 125 Å². The Balaban J connectivity index is 1.35. The Hall–Kier alpha value is -3.30. The molecule has 0 saturated heterocycles. The zero-order valence-electron chi connectivity index (χ0n) is 25.7. The highest BCUT2D eigenvalue weighted by molar-refractivity contribution is 5.96. The summed E-state index contributed by atoms with van der Waals surface area (Å²) >= 11 is 0. The van der Waals surface area contributed by atoms with Crippen LogP contribution in [-0.4, -0.2) is 49.9 Å². The number of hydrogen-bond donors (Lipinski definition) is 1. The lowest BCUT2D eigenvalue weighted by Crippen LogP contribution is -2.63. The summed E-state index contributed by atoms with van der Waals surface area (Å²) in [7, 11) is 0. The van der Waals surface area contributed by atoms with Crippen LogP contribution in [-0.2, 0) is 33.4 Å². The van der Waals surface area contributed by atoms with Gasteiger partial charge >= 0.3 is 0 Å². The van der Waals surface area contributed by atoms with Gasteiger partial charge in [0.1, 0.15) is 24.1 Å². The molecule has 1 aromatic rings. The summed E-state index contributed by atoms with van der Waals surface area (Å²) in [5.74, 6) is 0.149. The molecule has 44 heavy (non-hydrogen) atoms. The molecule has 1 N–H and O–H groups in total. The van der Waals surface area contributed by atoms with Crippen molar-refractivity contribution in [1.29, 1.82) is 0 Å². The molecule has 4 fully saturated rings. The van der Waals surface area contributed by atoms with Gasteiger partial charge in [0, 0.05) is 23.3 Å². The largest absolute Gasteiger partial charge is 0.465 e. The third-order valence-corrected chi connectivity index (χ3v) is 12.4. The van der Waals surface area contributed by atoms with E-state index in [1.807, 2.05) is 0 Å². The van der Waals surface area contributed by atoms with Crippen LogP contribution in [0, 0.1) is 52.2 Å². The van der Waals surface area contributed by atoms with Gasteiger partial charge in [0.2, 0.25) is 5.91 Å². The Kier molecular flexibility index (Phi) is 9.47. The van der Waals surface area contributed by atoms with Crippen molar-refractivity contribution >= 4 is 37.3 Å². The molecule has 5 rings (SSSR count). The van der Waals surface area contributed by atoms with Gasteiger partial charge < -0.3 is 19.5 Å². The Morgan fingerprint density at radius 2 is 1.75 bits per heavy atom. The number of fused-ring (bicyclic) bond motifs is 5. The van der Waals surface area contributed by atoms with Crippen LogP contribution in [0.25, 0.3) is 0 Å². The van der Waals surface area contributed by atoms with E-state index in [9.17, 15) is 28.4 Å². The zero-order valence-corrected chi connectivity index (χ0v) is 25.7. The number of nitrogens with one attached hydrogen (secondary N) is 1. The number of ether oxygens (including phenoxy) is 3. The molecule has 1 aromatic carbocycles. The van der Waals surface area contributed by atoms with Crippen LogP contribution in [0.15, 0.2) is 18.2 Å². The Morgan fingerprint density at radius 3 is 2.45 bits per heavy atom. The number of aldehydes is 1. The first-order chi connectivity index (χ1) is 21.1. The first-order valence-electron chi connectivity index (χ1n) is 15.9. The summed E-state index contributed by atoms with van der Waals surface area (Å²) in [4.78, 5) is 59.0. The van der Waals surface area contributed by atoms with E-state index in [0.29, 0.717) is 45.0 Å². The van der Waals surface area contributed by atoms with E-state index in [-0.39, 0.29) is 88.2 Å². The molecule has 4 aliphatic carbocycles. The van der Waals surface area contributed by atoms with Crippen LogP contribution in [0.5, 0.6) is 0 Å². The summed E-state index contributed by atoms with van der Waals surface area (Å²) in [6, 6.07) is 3.68. The average molecular weight is 614 g/mol. The van der Waals surface area contributed by atoms with E-state index in [1.165, 1.54) is 12.1 Å². The van der Waals surface area contributed by atoms with E-state index >= 15 is 0 Å². The van der Waals surface area contributed by atoms with Crippen molar-refractivity contribution in [2.24, 2.45) is 46.3 Å². The fraction of sp³-hybridized carbons (Fsp3) is 0.676. The van der Waals surface area contributed by atoms with Crippen LogP contribution >= 0.6 is 0 Å². The predicted octanol–water partition coefficient (Wildman–Crippen LogP) is 5.50. The van der Waals surface area contributed by atoms with Crippen LogP contribution in [0.4, 0.5) is 10.1 Å². The van der Waals surface area contributed by atoms with Crippen molar-refractivity contribution in [3.05, 3.63) is 29.6 Å². The van der Waals surface area contributed by atoms with E-state index in [1.54, 1.807) is 0 Å². The number of carbonyl (C=O) groups is 5. The maximum atomic E-state index is 13.5. The maximum Gasteiger partial charge on any atom is 0.293 e. The zero-order chi connectivity index (χ0) is 31.6. The fourth-order valence-corrected chi connectivity index (χ4v) is 10.3. The first-order valence-corrected chi connectivity index (χ1v) is 15.9. The lowest BCUT2D eigenvalue weighted by Gasteiger charge is -2.64. The normalized spacial score (nSPS) is 38.1. The SMILES string of the molecule is C[C@H](CCC(=O)Nc1ccc(F)cc1C=O)[C@H]1CC[C@H]2[C@@H]3[C@H](OC=O)C[C@@H]4C[C@H](OC=O)CC[C@]4(C)[C@H]3C[C@H](OC=O)[C@]12C. The molecular weight excluding hydrogens is 569 g/mol. The number of halogens is 1. The molecule has 0 aliphatic heterocycles. The van der Waals surface area contributed by atoms with Crippen molar-refractivity contribution in [1.82, 2.24) is 0 Å². The number of amides is 1. The quantitative estimate of drug-likeness (QED) is 0.242. The van der Waals surface area contributed by atoms with Gasteiger partial charge in [0.25, 0.3) is 19.4 Å². The van der Waals surface area contributed by atoms with E-state index < -0.39 is 5.82 Å². The van der Waals surface area contributed by atoms with Gasteiger partial charge in [-0.2, -0.15) is 0 Å². The summed E-state index contributed by atoms with van der Waals surface area (Å²) in [6.45, 7) is 8.30. The molecule has 9 nitrogen and oxygen atoms in total.